The molecule has 2 rings (SSSR count). The summed E-state index contributed by atoms with van der Waals surface area (Å²) in [5.74, 6) is 1.70. The number of phenols is 1. The second-order valence-electron chi connectivity index (χ2n) is 5.15. The molecule has 0 aromatic heterocycles. The van der Waals surface area contributed by atoms with E-state index in [1.165, 1.54) is 0 Å². The van der Waals surface area contributed by atoms with Gasteiger partial charge in [0, 0.05) is 5.92 Å². The SMILES string of the molecule is CCOc1cc(CC(CN)c2cccc(OC)c2)ccc1O. The van der Waals surface area contributed by atoms with Crippen LogP contribution in [0.5, 0.6) is 17.2 Å². The third-order valence-corrected chi connectivity index (χ3v) is 3.66. The maximum absolute atomic E-state index is 9.78. The molecule has 2 aromatic carbocycles. The molecule has 4 heteroatoms. The van der Waals surface area contributed by atoms with E-state index in [0.29, 0.717) is 18.9 Å². The summed E-state index contributed by atoms with van der Waals surface area (Å²) in [5.41, 5.74) is 8.18. The number of ether oxygens (including phenoxy) is 2. The molecular formula is C18H23NO3. The summed E-state index contributed by atoms with van der Waals surface area (Å²) in [6.45, 7) is 2.95. The molecule has 0 saturated carbocycles. The van der Waals surface area contributed by atoms with Crippen LogP contribution in [0.3, 0.4) is 0 Å². The minimum Gasteiger partial charge on any atom is -0.504 e. The van der Waals surface area contributed by atoms with E-state index in [1.807, 2.05) is 37.3 Å². The van der Waals surface area contributed by atoms with E-state index in [1.54, 1.807) is 13.2 Å². The number of rotatable bonds is 7. The highest BCUT2D eigenvalue weighted by Gasteiger charge is 2.13. The average molecular weight is 301 g/mol. The maximum Gasteiger partial charge on any atom is 0.161 e. The van der Waals surface area contributed by atoms with E-state index in [9.17, 15) is 5.11 Å². The Labute approximate surface area is 131 Å². The molecule has 3 N–H and O–H groups in total. The lowest BCUT2D eigenvalue weighted by Gasteiger charge is -2.17. The average Bonchev–Trinajstić information content (AvgIpc) is 2.55. The van der Waals surface area contributed by atoms with Gasteiger partial charge in [0.1, 0.15) is 5.75 Å². The van der Waals surface area contributed by atoms with Crippen LogP contribution in [0.25, 0.3) is 0 Å². The number of methoxy groups -OCH3 is 1. The van der Waals surface area contributed by atoms with Gasteiger partial charge in [0.2, 0.25) is 0 Å². The first-order chi connectivity index (χ1) is 10.7. The van der Waals surface area contributed by atoms with Gasteiger partial charge >= 0.3 is 0 Å². The third kappa shape index (κ3) is 3.92. The van der Waals surface area contributed by atoms with Gasteiger partial charge in [-0.3, -0.25) is 0 Å². The van der Waals surface area contributed by atoms with Crippen molar-refractivity contribution in [3.8, 4) is 17.2 Å². The lowest BCUT2D eigenvalue weighted by atomic mass is 9.92. The van der Waals surface area contributed by atoms with Crippen LogP contribution in [0.2, 0.25) is 0 Å². The lowest BCUT2D eigenvalue weighted by molar-refractivity contribution is 0.317. The summed E-state index contributed by atoms with van der Waals surface area (Å²) in [4.78, 5) is 0. The van der Waals surface area contributed by atoms with Gasteiger partial charge in [0.25, 0.3) is 0 Å². The zero-order chi connectivity index (χ0) is 15.9. The van der Waals surface area contributed by atoms with Crippen LogP contribution in [-0.4, -0.2) is 25.4 Å². The van der Waals surface area contributed by atoms with Crippen molar-refractivity contribution < 1.29 is 14.6 Å². The van der Waals surface area contributed by atoms with Crippen molar-refractivity contribution in [1.29, 1.82) is 0 Å². The third-order valence-electron chi connectivity index (χ3n) is 3.66. The molecule has 2 aromatic rings. The van der Waals surface area contributed by atoms with E-state index in [2.05, 4.69) is 6.07 Å². The summed E-state index contributed by atoms with van der Waals surface area (Å²) < 4.78 is 10.7. The van der Waals surface area contributed by atoms with Crippen molar-refractivity contribution in [1.82, 2.24) is 0 Å². The van der Waals surface area contributed by atoms with Gasteiger partial charge in [-0.15, -0.1) is 0 Å². The predicted octanol–water partition coefficient (Wildman–Crippen LogP) is 3.08. The van der Waals surface area contributed by atoms with Crippen molar-refractivity contribution in [2.45, 2.75) is 19.3 Å². The highest BCUT2D eigenvalue weighted by molar-refractivity contribution is 5.42. The zero-order valence-corrected chi connectivity index (χ0v) is 13.1. The minimum atomic E-state index is 0.163. The first-order valence-corrected chi connectivity index (χ1v) is 7.46. The summed E-state index contributed by atoms with van der Waals surface area (Å²) in [5, 5.41) is 9.78. The fourth-order valence-electron chi connectivity index (χ4n) is 2.47. The summed E-state index contributed by atoms with van der Waals surface area (Å²) in [6, 6.07) is 13.4. The first-order valence-electron chi connectivity index (χ1n) is 7.46. The second-order valence-corrected chi connectivity index (χ2v) is 5.15. The molecule has 1 unspecified atom stereocenters. The molecule has 0 heterocycles. The Balaban J connectivity index is 2.20. The Kier molecular flexibility index (Phi) is 5.67. The predicted molar refractivity (Wildman–Crippen MR) is 87.8 cm³/mol. The number of hydrogen-bond donors (Lipinski definition) is 2. The van der Waals surface area contributed by atoms with E-state index in [4.69, 9.17) is 15.2 Å². The maximum atomic E-state index is 9.78. The lowest BCUT2D eigenvalue weighted by Crippen LogP contribution is -2.15. The number of phenolic OH excluding ortho intramolecular Hbond substituents is 1. The molecule has 22 heavy (non-hydrogen) atoms. The fourth-order valence-corrected chi connectivity index (χ4v) is 2.47. The van der Waals surface area contributed by atoms with Crippen LogP contribution in [0.4, 0.5) is 0 Å². The van der Waals surface area contributed by atoms with E-state index >= 15 is 0 Å². The molecular weight excluding hydrogens is 278 g/mol. The molecule has 1 atom stereocenters. The van der Waals surface area contributed by atoms with Gasteiger partial charge in [0.15, 0.2) is 11.5 Å². The highest BCUT2D eigenvalue weighted by Crippen LogP contribution is 2.30. The molecule has 4 nitrogen and oxygen atoms in total. The molecule has 0 aliphatic heterocycles. The van der Waals surface area contributed by atoms with Crippen molar-refractivity contribution >= 4 is 0 Å². The van der Waals surface area contributed by atoms with E-state index in [-0.39, 0.29) is 11.7 Å². The molecule has 0 spiro atoms. The fraction of sp³-hybridized carbons (Fsp3) is 0.333. The second kappa shape index (κ2) is 7.71. The van der Waals surface area contributed by atoms with Crippen molar-refractivity contribution in [3.05, 3.63) is 53.6 Å². The summed E-state index contributed by atoms with van der Waals surface area (Å²) >= 11 is 0. The first kappa shape index (κ1) is 16.2. The van der Waals surface area contributed by atoms with Gasteiger partial charge < -0.3 is 20.3 Å². The quantitative estimate of drug-likeness (QED) is 0.825. The van der Waals surface area contributed by atoms with Crippen LogP contribution < -0.4 is 15.2 Å². The molecule has 0 radical (unpaired) electrons. The van der Waals surface area contributed by atoms with Crippen LogP contribution in [0, 0.1) is 0 Å². The highest BCUT2D eigenvalue weighted by atomic mass is 16.5. The standard InChI is InChI=1S/C18H23NO3/c1-3-22-18-10-13(7-8-17(18)20)9-15(12-19)14-5-4-6-16(11-14)21-2/h4-8,10-11,15,20H,3,9,12,19H2,1-2H3. The molecule has 0 amide bonds. The van der Waals surface area contributed by atoms with Gasteiger partial charge in [-0.25, -0.2) is 0 Å². The normalized spacial score (nSPS) is 12.0. The van der Waals surface area contributed by atoms with Gasteiger partial charge in [-0.2, -0.15) is 0 Å². The smallest absolute Gasteiger partial charge is 0.161 e. The summed E-state index contributed by atoms with van der Waals surface area (Å²) in [6.07, 6.45) is 0.782. The zero-order valence-electron chi connectivity index (χ0n) is 13.1. The van der Waals surface area contributed by atoms with E-state index in [0.717, 1.165) is 23.3 Å². The van der Waals surface area contributed by atoms with Crippen molar-refractivity contribution in [2.75, 3.05) is 20.3 Å². The Hall–Kier alpha value is -2.20. The molecule has 118 valence electrons. The van der Waals surface area contributed by atoms with Crippen molar-refractivity contribution in [3.63, 3.8) is 0 Å². The Morgan fingerprint density at radius 3 is 2.68 bits per heavy atom. The van der Waals surface area contributed by atoms with Crippen molar-refractivity contribution in [2.24, 2.45) is 5.73 Å². The molecule has 0 bridgehead atoms. The van der Waals surface area contributed by atoms with Crippen LogP contribution in [0.15, 0.2) is 42.5 Å². The molecule has 0 aliphatic carbocycles. The van der Waals surface area contributed by atoms with Gasteiger partial charge in [0.05, 0.1) is 13.7 Å². The largest absolute Gasteiger partial charge is 0.504 e. The Morgan fingerprint density at radius 2 is 2.00 bits per heavy atom. The molecule has 0 fully saturated rings. The molecule has 0 saturated heterocycles. The van der Waals surface area contributed by atoms with Gasteiger partial charge in [-0.1, -0.05) is 18.2 Å². The van der Waals surface area contributed by atoms with Crippen LogP contribution >= 0.6 is 0 Å². The number of benzene rings is 2. The number of aromatic hydroxyl groups is 1. The number of nitrogens with two attached hydrogens (primary N) is 1. The number of hydrogen-bond acceptors (Lipinski definition) is 4. The molecule has 0 aliphatic rings. The minimum absolute atomic E-state index is 0.163. The van der Waals surface area contributed by atoms with Crippen LogP contribution in [0.1, 0.15) is 24.0 Å². The summed E-state index contributed by atoms with van der Waals surface area (Å²) in [7, 11) is 1.66. The monoisotopic (exact) mass is 301 g/mol. The van der Waals surface area contributed by atoms with Gasteiger partial charge in [-0.05, 0) is 55.3 Å². The Morgan fingerprint density at radius 1 is 1.18 bits per heavy atom. The topological polar surface area (TPSA) is 64.7 Å². The Bertz CT molecular complexity index is 613. The van der Waals surface area contributed by atoms with Crippen LogP contribution in [-0.2, 0) is 6.42 Å². The van der Waals surface area contributed by atoms with E-state index < -0.39 is 0 Å².